The molecule has 0 unspecified atom stereocenters. The SMILES string of the molecule is Cc1cccc(C(=O)CCN)c1[N+](=O)[O-]. The standard InChI is InChI=1S/C10H12N2O3/c1-7-3-2-4-8(9(13)5-6-11)10(7)12(14)15/h2-4H,5-6,11H2,1H3. The van der Waals surface area contributed by atoms with Crippen LogP contribution in [0.3, 0.4) is 0 Å². The number of ketones is 1. The van der Waals surface area contributed by atoms with E-state index in [0.29, 0.717) is 5.56 Å². The molecule has 0 spiro atoms. The topological polar surface area (TPSA) is 86.2 Å². The maximum Gasteiger partial charge on any atom is 0.283 e. The third-order valence-corrected chi connectivity index (χ3v) is 2.09. The lowest BCUT2D eigenvalue weighted by Gasteiger charge is -2.03. The molecule has 0 aliphatic heterocycles. The molecule has 0 heterocycles. The number of aryl methyl sites for hydroxylation is 1. The van der Waals surface area contributed by atoms with Crippen LogP contribution in [0.4, 0.5) is 5.69 Å². The summed E-state index contributed by atoms with van der Waals surface area (Å²) in [5.41, 5.74) is 5.76. The molecule has 0 saturated heterocycles. The van der Waals surface area contributed by atoms with Gasteiger partial charge >= 0.3 is 0 Å². The summed E-state index contributed by atoms with van der Waals surface area (Å²) in [6.45, 7) is 1.81. The Morgan fingerprint density at radius 2 is 2.20 bits per heavy atom. The number of nitrogens with zero attached hydrogens (tertiary/aromatic N) is 1. The molecular formula is C10H12N2O3. The summed E-state index contributed by atoms with van der Waals surface area (Å²) in [5.74, 6) is -0.284. The van der Waals surface area contributed by atoms with Crippen LogP contribution in [0.2, 0.25) is 0 Å². The average Bonchev–Trinajstić information content (AvgIpc) is 2.17. The van der Waals surface area contributed by atoms with E-state index in [4.69, 9.17) is 5.73 Å². The van der Waals surface area contributed by atoms with Crippen molar-refractivity contribution in [3.05, 3.63) is 39.4 Å². The van der Waals surface area contributed by atoms with Crippen LogP contribution < -0.4 is 5.73 Å². The van der Waals surface area contributed by atoms with Crippen LogP contribution in [0.5, 0.6) is 0 Å². The Morgan fingerprint density at radius 3 is 2.73 bits per heavy atom. The minimum atomic E-state index is -0.529. The average molecular weight is 208 g/mol. The van der Waals surface area contributed by atoms with Crippen LogP contribution >= 0.6 is 0 Å². The molecule has 0 atom stereocenters. The van der Waals surface area contributed by atoms with Crippen LogP contribution in [0.15, 0.2) is 18.2 Å². The number of para-hydroxylation sites is 1. The second kappa shape index (κ2) is 4.65. The Balaban J connectivity index is 3.23. The van der Waals surface area contributed by atoms with Crippen LogP contribution in [-0.2, 0) is 0 Å². The van der Waals surface area contributed by atoms with Gasteiger partial charge < -0.3 is 5.73 Å². The summed E-state index contributed by atoms with van der Waals surface area (Å²) in [7, 11) is 0. The van der Waals surface area contributed by atoms with Crippen molar-refractivity contribution < 1.29 is 9.72 Å². The number of nitro groups is 1. The van der Waals surface area contributed by atoms with E-state index in [1.165, 1.54) is 6.07 Å². The van der Waals surface area contributed by atoms with E-state index in [1.54, 1.807) is 19.1 Å². The molecule has 1 aromatic rings. The largest absolute Gasteiger partial charge is 0.330 e. The second-order valence-corrected chi connectivity index (χ2v) is 3.19. The predicted octanol–water partition coefficient (Wildman–Crippen LogP) is 1.43. The van der Waals surface area contributed by atoms with Crippen molar-refractivity contribution in [1.82, 2.24) is 0 Å². The number of nitro benzene ring substituents is 1. The number of carbonyl (C=O) groups is 1. The highest BCUT2D eigenvalue weighted by Crippen LogP contribution is 2.23. The number of hydrogen-bond donors (Lipinski definition) is 1. The van der Waals surface area contributed by atoms with E-state index in [0.717, 1.165) is 0 Å². The lowest BCUT2D eigenvalue weighted by Crippen LogP contribution is -2.10. The summed E-state index contributed by atoms with van der Waals surface area (Å²) in [6, 6.07) is 4.70. The van der Waals surface area contributed by atoms with Crippen LogP contribution in [0, 0.1) is 17.0 Å². The fourth-order valence-corrected chi connectivity index (χ4v) is 1.39. The second-order valence-electron chi connectivity index (χ2n) is 3.19. The smallest absolute Gasteiger partial charge is 0.283 e. The first kappa shape index (κ1) is 11.3. The molecular weight excluding hydrogens is 196 g/mol. The normalized spacial score (nSPS) is 10.0. The maximum atomic E-state index is 11.5. The van der Waals surface area contributed by atoms with E-state index in [1.807, 2.05) is 0 Å². The Morgan fingerprint density at radius 1 is 1.53 bits per heavy atom. The number of Topliss-reactive ketones (excluding diaryl/α,β-unsaturated/α-hetero) is 1. The third-order valence-electron chi connectivity index (χ3n) is 2.09. The molecule has 0 bridgehead atoms. The van der Waals surface area contributed by atoms with Crippen LogP contribution in [0.1, 0.15) is 22.3 Å². The van der Waals surface area contributed by atoms with Crippen molar-refractivity contribution in [2.24, 2.45) is 5.73 Å². The zero-order valence-electron chi connectivity index (χ0n) is 8.40. The molecule has 0 fully saturated rings. The quantitative estimate of drug-likeness (QED) is 0.460. The summed E-state index contributed by atoms with van der Waals surface area (Å²) in [6.07, 6.45) is 0.129. The lowest BCUT2D eigenvalue weighted by molar-refractivity contribution is -0.385. The Kier molecular flexibility index (Phi) is 3.51. The molecule has 5 heteroatoms. The van der Waals surface area contributed by atoms with Crippen molar-refractivity contribution in [2.45, 2.75) is 13.3 Å². The molecule has 15 heavy (non-hydrogen) atoms. The first-order valence-electron chi connectivity index (χ1n) is 4.55. The summed E-state index contributed by atoms with van der Waals surface area (Å²) >= 11 is 0. The van der Waals surface area contributed by atoms with Crippen molar-refractivity contribution in [2.75, 3.05) is 6.54 Å². The van der Waals surface area contributed by atoms with E-state index in [-0.39, 0.29) is 30.0 Å². The first-order valence-corrected chi connectivity index (χ1v) is 4.55. The van der Waals surface area contributed by atoms with Gasteiger partial charge in [0.15, 0.2) is 5.78 Å². The molecule has 1 rings (SSSR count). The fourth-order valence-electron chi connectivity index (χ4n) is 1.39. The van der Waals surface area contributed by atoms with E-state index < -0.39 is 4.92 Å². The van der Waals surface area contributed by atoms with Crippen molar-refractivity contribution in [1.29, 1.82) is 0 Å². The zero-order chi connectivity index (χ0) is 11.4. The summed E-state index contributed by atoms with van der Waals surface area (Å²) in [5, 5.41) is 10.8. The Bertz CT molecular complexity index is 402. The molecule has 1 aromatic carbocycles. The molecule has 0 aromatic heterocycles. The van der Waals surface area contributed by atoms with E-state index >= 15 is 0 Å². The number of carbonyl (C=O) groups excluding carboxylic acids is 1. The summed E-state index contributed by atoms with van der Waals surface area (Å²) in [4.78, 5) is 21.8. The van der Waals surface area contributed by atoms with Gasteiger partial charge in [0, 0.05) is 12.0 Å². The highest BCUT2D eigenvalue weighted by molar-refractivity contribution is 6.00. The highest BCUT2D eigenvalue weighted by Gasteiger charge is 2.21. The number of benzene rings is 1. The monoisotopic (exact) mass is 208 g/mol. The highest BCUT2D eigenvalue weighted by atomic mass is 16.6. The molecule has 0 radical (unpaired) electrons. The molecule has 80 valence electrons. The number of hydrogen-bond acceptors (Lipinski definition) is 4. The summed E-state index contributed by atoms with van der Waals surface area (Å²) < 4.78 is 0. The zero-order valence-corrected chi connectivity index (χ0v) is 8.40. The maximum absolute atomic E-state index is 11.5. The number of rotatable bonds is 4. The minimum Gasteiger partial charge on any atom is -0.330 e. The van der Waals surface area contributed by atoms with Gasteiger partial charge in [-0.15, -0.1) is 0 Å². The predicted molar refractivity (Wildman–Crippen MR) is 55.8 cm³/mol. The van der Waals surface area contributed by atoms with Gasteiger partial charge in [0.25, 0.3) is 5.69 Å². The van der Waals surface area contributed by atoms with Crippen LogP contribution in [0.25, 0.3) is 0 Å². The minimum absolute atomic E-state index is 0.115. The van der Waals surface area contributed by atoms with Gasteiger partial charge in [-0.1, -0.05) is 12.1 Å². The van der Waals surface area contributed by atoms with Gasteiger partial charge in [-0.2, -0.15) is 0 Å². The third kappa shape index (κ3) is 2.38. The van der Waals surface area contributed by atoms with Gasteiger partial charge in [0.05, 0.1) is 10.5 Å². The van der Waals surface area contributed by atoms with Gasteiger partial charge in [-0.25, -0.2) is 0 Å². The van der Waals surface area contributed by atoms with Crippen molar-refractivity contribution in [3.8, 4) is 0 Å². The van der Waals surface area contributed by atoms with E-state index in [9.17, 15) is 14.9 Å². The molecule has 0 saturated carbocycles. The Labute approximate surface area is 87.0 Å². The van der Waals surface area contributed by atoms with E-state index in [2.05, 4.69) is 0 Å². The van der Waals surface area contributed by atoms with Crippen molar-refractivity contribution >= 4 is 11.5 Å². The van der Waals surface area contributed by atoms with Gasteiger partial charge in [0.1, 0.15) is 0 Å². The molecule has 5 nitrogen and oxygen atoms in total. The van der Waals surface area contributed by atoms with Crippen molar-refractivity contribution in [3.63, 3.8) is 0 Å². The van der Waals surface area contributed by atoms with Gasteiger partial charge in [0.2, 0.25) is 0 Å². The fraction of sp³-hybridized carbons (Fsp3) is 0.300. The molecule has 2 N–H and O–H groups in total. The molecule has 0 aliphatic rings. The number of nitrogens with two attached hydrogens (primary N) is 1. The Hall–Kier alpha value is -1.75. The molecule has 0 amide bonds. The molecule has 0 aliphatic carbocycles. The van der Waals surface area contributed by atoms with Gasteiger partial charge in [-0.3, -0.25) is 14.9 Å². The lowest BCUT2D eigenvalue weighted by atomic mass is 10.0. The van der Waals surface area contributed by atoms with Crippen LogP contribution in [-0.4, -0.2) is 17.3 Å². The first-order chi connectivity index (χ1) is 7.07. The van der Waals surface area contributed by atoms with Gasteiger partial charge in [-0.05, 0) is 19.5 Å².